The molecule has 2 aromatic carbocycles. The highest BCUT2D eigenvalue weighted by Gasteiger charge is 2.63. The molecule has 2 aromatic rings. The second kappa shape index (κ2) is 5.70. The van der Waals surface area contributed by atoms with Crippen LogP contribution in [-0.4, -0.2) is 25.0 Å². The van der Waals surface area contributed by atoms with E-state index in [4.69, 9.17) is 9.47 Å². The summed E-state index contributed by atoms with van der Waals surface area (Å²) < 4.78 is 11.5. The molecule has 1 saturated heterocycles. The molecule has 0 N–H and O–H groups in total. The van der Waals surface area contributed by atoms with E-state index >= 15 is 0 Å². The van der Waals surface area contributed by atoms with Gasteiger partial charge in [0, 0.05) is 19.7 Å². The Morgan fingerprint density at radius 3 is 2.48 bits per heavy atom. The van der Waals surface area contributed by atoms with Crippen molar-refractivity contribution in [3.63, 3.8) is 0 Å². The summed E-state index contributed by atoms with van der Waals surface area (Å²) in [6, 6.07) is 13.9. The highest BCUT2D eigenvalue weighted by atomic mass is 16.5. The van der Waals surface area contributed by atoms with E-state index in [9.17, 15) is 4.79 Å². The minimum absolute atomic E-state index is 0.0285. The molecular formula is C19H21NO3. The van der Waals surface area contributed by atoms with Gasteiger partial charge in [0.05, 0.1) is 0 Å². The van der Waals surface area contributed by atoms with Gasteiger partial charge >= 0.3 is 0 Å². The lowest BCUT2D eigenvalue weighted by Gasteiger charge is -2.17. The number of hydrogen-bond acceptors (Lipinski definition) is 3. The van der Waals surface area contributed by atoms with Crippen molar-refractivity contribution < 1.29 is 14.3 Å². The van der Waals surface area contributed by atoms with Gasteiger partial charge in [0.15, 0.2) is 0 Å². The molecule has 23 heavy (non-hydrogen) atoms. The summed E-state index contributed by atoms with van der Waals surface area (Å²) in [6.45, 7) is 4.46. The molecule has 0 aromatic heterocycles. The maximum absolute atomic E-state index is 12.1. The molecular weight excluding hydrogens is 290 g/mol. The van der Waals surface area contributed by atoms with Crippen molar-refractivity contribution >= 4 is 5.91 Å². The van der Waals surface area contributed by atoms with Crippen LogP contribution in [0.5, 0.6) is 5.75 Å². The number of aryl methyl sites for hydroxylation is 2. The molecule has 0 aliphatic carbocycles. The molecule has 4 heteroatoms. The Labute approximate surface area is 136 Å². The number of carbonyl (C=O) groups excluding carboxylic acids is 1. The fraction of sp³-hybridized carbons (Fsp3) is 0.316. The highest BCUT2D eigenvalue weighted by molar-refractivity contribution is 6.01. The van der Waals surface area contributed by atoms with Crippen molar-refractivity contribution in [3.8, 4) is 5.75 Å². The molecule has 0 radical (unpaired) electrons. The number of amides is 1. The molecule has 0 unspecified atom stereocenters. The van der Waals surface area contributed by atoms with Crippen molar-refractivity contribution in [2.75, 3.05) is 14.2 Å². The van der Waals surface area contributed by atoms with Crippen molar-refractivity contribution in [1.29, 1.82) is 0 Å². The van der Waals surface area contributed by atoms with E-state index in [0.29, 0.717) is 6.61 Å². The molecule has 1 aliphatic heterocycles. The maximum Gasteiger partial charge on any atom is 0.283 e. The second-order valence-corrected chi connectivity index (χ2v) is 5.93. The van der Waals surface area contributed by atoms with Crippen molar-refractivity contribution in [3.05, 3.63) is 64.7 Å². The van der Waals surface area contributed by atoms with Gasteiger partial charge in [-0.05, 0) is 36.6 Å². The van der Waals surface area contributed by atoms with Gasteiger partial charge in [0.25, 0.3) is 11.6 Å². The number of carbonyl (C=O) groups is 1. The van der Waals surface area contributed by atoms with Crippen molar-refractivity contribution in [1.82, 2.24) is 4.90 Å². The quantitative estimate of drug-likeness (QED) is 0.796. The monoisotopic (exact) mass is 311 g/mol. The van der Waals surface area contributed by atoms with Gasteiger partial charge in [-0.25, -0.2) is 0 Å². The zero-order chi connectivity index (χ0) is 16.6. The molecule has 1 heterocycles. The van der Waals surface area contributed by atoms with Gasteiger partial charge in [-0.2, -0.15) is 0 Å². The van der Waals surface area contributed by atoms with E-state index in [-0.39, 0.29) is 5.91 Å². The molecule has 4 nitrogen and oxygen atoms in total. The molecule has 0 saturated carbocycles. The summed E-state index contributed by atoms with van der Waals surface area (Å²) in [5.41, 5.74) is 3.09. The molecule has 1 fully saturated rings. The van der Waals surface area contributed by atoms with E-state index in [0.717, 1.165) is 28.0 Å². The third-order valence-corrected chi connectivity index (χ3v) is 4.42. The highest BCUT2D eigenvalue weighted by Crippen LogP contribution is 2.44. The summed E-state index contributed by atoms with van der Waals surface area (Å²) in [6.07, 6.45) is 0. The lowest BCUT2D eigenvalue weighted by Crippen LogP contribution is -2.20. The van der Waals surface area contributed by atoms with Gasteiger partial charge in [-0.1, -0.05) is 36.4 Å². The Kier molecular flexibility index (Phi) is 3.86. The van der Waals surface area contributed by atoms with E-state index in [2.05, 4.69) is 6.07 Å². The van der Waals surface area contributed by atoms with Crippen molar-refractivity contribution in [2.45, 2.75) is 26.2 Å². The summed E-state index contributed by atoms with van der Waals surface area (Å²) in [4.78, 5) is 13.7. The standard InChI is InChI=1S/C19H21NO3/c1-13-9-10-14(2)17(11-13)23-12-15-7-5-6-8-16(15)19(22-4)18(21)20(19)3/h5-11H,12H2,1-4H3/t19-,20?/m1/s1. The zero-order valence-corrected chi connectivity index (χ0v) is 13.9. The summed E-state index contributed by atoms with van der Waals surface area (Å²) >= 11 is 0. The second-order valence-electron chi connectivity index (χ2n) is 5.93. The first-order valence-corrected chi connectivity index (χ1v) is 7.62. The predicted octanol–water partition coefficient (Wildman–Crippen LogP) is 3.15. The van der Waals surface area contributed by atoms with Crippen LogP contribution >= 0.6 is 0 Å². The van der Waals surface area contributed by atoms with E-state index in [1.165, 1.54) is 0 Å². The fourth-order valence-corrected chi connectivity index (χ4v) is 2.94. The number of nitrogens with zero attached hydrogens (tertiary/aromatic N) is 1. The number of ether oxygens (including phenoxy) is 2. The molecule has 1 atom stereocenters. The van der Waals surface area contributed by atoms with Crippen LogP contribution in [0.3, 0.4) is 0 Å². The Hall–Kier alpha value is -2.33. The van der Waals surface area contributed by atoms with Gasteiger partial charge < -0.3 is 14.4 Å². The SMILES string of the molecule is CO[C@]1(c2ccccc2COc2cc(C)ccc2C)C(=O)N1C. The third kappa shape index (κ3) is 2.49. The Morgan fingerprint density at radius 2 is 1.83 bits per heavy atom. The smallest absolute Gasteiger partial charge is 0.283 e. The Bertz CT molecular complexity index is 756. The molecule has 120 valence electrons. The predicted molar refractivity (Wildman–Crippen MR) is 88.1 cm³/mol. The van der Waals surface area contributed by atoms with E-state index < -0.39 is 5.72 Å². The normalized spacial score (nSPS) is 19.8. The molecule has 3 rings (SSSR count). The van der Waals surface area contributed by atoms with Gasteiger partial charge in [0.2, 0.25) is 0 Å². The minimum Gasteiger partial charge on any atom is -0.489 e. The zero-order valence-electron chi connectivity index (χ0n) is 13.9. The minimum atomic E-state index is -0.957. The van der Waals surface area contributed by atoms with Crippen LogP contribution in [0.4, 0.5) is 0 Å². The van der Waals surface area contributed by atoms with Crippen LogP contribution in [-0.2, 0) is 21.9 Å². The first-order valence-electron chi connectivity index (χ1n) is 7.62. The van der Waals surface area contributed by atoms with Crippen LogP contribution in [0.15, 0.2) is 42.5 Å². The van der Waals surface area contributed by atoms with Gasteiger partial charge in [-0.3, -0.25) is 4.79 Å². The fourth-order valence-electron chi connectivity index (χ4n) is 2.94. The van der Waals surface area contributed by atoms with E-state index in [1.807, 2.05) is 50.2 Å². The summed E-state index contributed by atoms with van der Waals surface area (Å²) in [7, 11) is 3.30. The van der Waals surface area contributed by atoms with Crippen LogP contribution < -0.4 is 4.74 Å². The maximum atomic E-state index is 12.1. The summed E-state index contributed by atoms with van der Waals surface area (Å²) in [5, 5.41) is 0. The van der Waals surface area contributed by atoms with Crippen LogP contribution in [0, 0.1) is 13.8 Å². The topological polar surface area (TPSA) is 38.5 Å². The van der Waals surface area contributed by atoms with Crippen LogP contribution in [0.25, 0.3) is 0 Å². The Morgan fingerprint density at radius 1 is 1.13 bits per heavy atom. The number of benzene rings is 2. The first-order chi connectivity index (χ1) is 11.0. The third-order valence-electron chi connectivity index (χ3n) is 4.42. The molecule has 0 bridgehead atoms. The number of likely N-dealkylation sites (N-methyl/N-ethyl adjacent to an activating group) is 1. The number of hydrogen-bond donors (Lipinski definition) is 0. The van der Waals surface area contributed by atoms with E-state index in [1.54, 1.807) is 19.1 Å². The average Bonchev–Trinajstić information content (AvgIpc) is 3.10. The molecule has 1 amide bonds. The largest absolute Gasteiger partial charge is 0.489 e. The average molecular weight is 311 g/mol. The molecule has 1 aliphatic rings. The first kappa shape index (κ1) is 15.6. The van der Waals surface area contributed by atoms with Gasteiger partial charge in [-0.15, -0.1) is 0 Å². The number of rotatable bonds is 5. The van der Waals surface area contributed by atoms with Crippen LogP contribution in [0.2, 0.25) is 0 Å². The number of methoxy groups -OCH3 is 1. The van der Waals surface area contributed by atoms with Gasteiger partial charge in [0.1, 0.15) is 12.4 Å². The molecule has 0 spiro atoms. The lowest BCUT2D eigenvalue weighted by atomic mass is 10.0. The summed E-state index contributed by atoms with van der Waals surface area (Å²) in [5.74, 6) is 0.834. The lowest BCUT2D eigenvalue weighted by molar-refractivity contribution is -0.117. The van der Waals surface area contributed by atoms with Crippen LogP contribution in [0.1, 0.15) is 22.3 Å². The Balaban J connectivity index is 1.88. The van der Waals surface area contributed by atoms with Crippen molar-refractivity contribution in [2.24, 2.45) is 0 Å².